The van der Waals surface area contributed by atoms with Crippen LogP contribution in [-0.4, -0.2) is 59.7 Å². The fraction of sp³-hybridized carbons (Fsp3) is 0.185. The molecule has 10 heteroatoms. The van der Waals surface area contributed by atoms with Crippen molar-refractivity contribution >= 4 is 44.1 Å². The van der Waals surface area contributed by atoms with Gasteiger partial charge in [-0.1, -0.05) is 41.9 Å². The number of nitrogens with one attached hydrogen (secondary N) is 2. The van der Waals surface area contributed by atoms with E-state index in [0.29, 0.717) is 38.5 Å². The minimum atomic E-state index is -3.10. The van der Waals surface area contributed by atoms with Crippen molar-refractivity contribution in [2.45, 2.75) is 6.42 Å². The number of rotatable bonds is 5. The van der Waals surface area contributed by atoms with Gasteiger partial charge >= 0.3 is 0 Å². The summed E-state index contributed by atoms with van der Waals surface area (Å²) in [7, 11) is -3.10. The number of carbonyl (C=O) groups excluding carboxylic acids is 1. The zero-order chi connectivity index (χ0) is 26.3. The van der Waals surface area contributed by atoms with Crippen molar-refractivity contribution in [1.29, 1.82) is 5.41 Å². The summed E-state index contributed by atoms with van der Waals surface area (Å²) in [4.78, 5) is 17.9. The third-order valence-electron chi connectivity index (χ3n) is 6.60. The van der Waals surface area contributed by atoms with E-state index in [9.17, 15) is 18.3 Å². The van der Waals surface area contributed by atoms with E-state index in [4.69, 9.17) is 22.7 Å². The Hall–Kier alpha value is -3.82. The summed E-state index contributed by atoms with van der Waals surface area (Å²) in [6.45, 7) is 0.359. The Morgan fingerprint density at radius 1 is 1.05 bits per heavy atom. The summed E-state index contributed by atoms with van der Waals surface area (Å²) in [5, 5.41) is 20.2. The summed E-state index contributed by atoms with van der Waals surface area (Å²) in [6.07, 6.45) is 0.0632. The fourth-order valence-electron chi connectivity index (χ4n) is 4.59. The molecule has 1 amide bonds. The number of benzene rings is 3. The number of amidine groups is 1. The van der Waals surface area contributed by atoms with E-state index in [0.717, 1.165) is 10.9 Å². The van der Waals surface area contributed by atoms with Gasteiger partial charge in [-0.15, -0.1) is 0 Å². The number of sulfone groups is 1. The highest BCUT2D eigenvalue weighted by molar-refractivity contribution is 7.91. The normalized spacial score (nSPS) is 15.1. The maximum absolute atomic E-state index is 13.1. The van der Waals surface area contributed by atoms with E-state index in [1.165, 1.54) is 0 Å². The van der Waals surface area contributed by atoms with E-state index in [2.05, 4.69) is 4.98 Å². The maximum Gasteiger partial charge on any atom is 0.227 e. The standard InChI is InChI=1S/C27H25ClN4O4S/c28-22-15-23-18(13-20(22)27(29)30)14-24(31-23)21-11-16(10-19(26(21)34)17-4-2-1-3-5-17)12-25(33)32-6-8-37(35,36)9-7-32/h1-5,10-11,13-15,31,34H,6-9,12H2,(H3,29,30). The molecular formula is C27H25ClN4O4S. The van der Waals surface area contributed by atoms with Gasteiger partial charge in [0.05, 0.1) is 28.6 Å². The zero-order valence-electron chi connectivity index (χ0n) is 19.8. The molecule has 37 heavy (non-hydrogen) atoms. The second-order valence-corrected chi connectivity index (χ2v) is 11.8. The number of aromatic amines is 1. The van der Waals surface area contributed by atoms with Gasteiger partial charge in [0.25, 0.3) is 0 Å². The number of aromatic nitrogens is 1. The van der Waals surface area contributed by atoms with Gasteiger partial charge in [-0.05, 0) is 41.5 Å². The molecule has 1 aliphatic rings. The first kappa shape index (κ1) is 24.9. The van der Waals surface area contributed by atoms with E-state index in [1.54, 1.807) is 29.2 Å². The van der Waals surface area contributed by atoms with Crippen molar-refractivity contribution in [3.05, 3.63) is 76.8 Å². The second kappa shape index (κ2) is 9.57. The Morgan fingerprint density at radius 2 is 1.73 bits per heavy atom. The fourth-order valence-corrected chi connectivity index (χ4v) is 6.06. The number of hydrogen-bond acceptors (Lipinski definition) is 5. The van der Waals surface area contributed by atoms with Crippen LogP contribution in [0.25, 0.3) is 33.3 Å². The van der Waals surface area contributed by atoms with Gasteiger partial charge in [0.2, 0.25) is 5.91 Å². The number of carbonyl (C=O) groups is 1. The quantitative estimate of drug-likeness (QED) is 0.226. The van der Waals surface area contributed by atoms with Crippen LogP contribution in [0.15, 0.2) is 60.7 Å². The van der Waals surface area contributed by atoms with Crippen LogP contribution < -0.4 is 5.73 Å². The molecule has 0 saturated carbocycles. The van der Waals surface area contributed by atoms with E-state index in [1.807, 2.05) is 36.4 Å². The number of H-pyrrole nitrogens is 1. The molecule has 0 bridgehead atoms. The molecule has 1 aliphatic heterocycles. The first-order valence-electron chi connectivity index (χ1n) is 11.7. The van der Waals surface area contributed by atoms with Crippen LogP contribution >= 0.6 is 11.6 Å². The summed E-state index contributed by atoms with van der Waals surface area (Å²) >= 11 is 6.29. The highest BCUT2D eigenvalue weighted by Gasteiger charge is 2.26. The largest absolute Gasteiger partial charge is 0.507 e. The first-order valence-corrected chi connectivity index (χ1v) is 13.9. The monoisotopic (exact) mass is 536 g/mol. The van der Waals surface area contributed by atoms with Crippen LogP contribution in [-0.2, 0) is 21.1 Å². The molecule has 0 unspecified atom stereocenters. The van der Waals surface area contributed by atoms with E-state index >= 15 is 0 Å². The summed E-state index contributed by atoms with van der Waals surface area (Å²) in [6, 6.07) is 18.2. The number of nitrogen functional groups attached to an aromatic ring is 1. The Bertz CT molecular complexity index is 1630. The number of hydrogen-bond donors (Lipinski definition) is 4. The topological polar surface area (TPSA) is 140 Å². The molecule has 3 aromatic carbocycles. The molecule has 190 valence electrons. The van der Waals surface area contributed by atoms with Gasteiger partial charge in [-0.25, -0.2) is 8.42 Å². The number of phenols is 1. The summed E-state index contributed by atoms with van der Waals surface area (Å²) in [5.41, 5.74) is 9.94. The highest BCUT2D eigenvalue weighted by Crippen LogP contribution is 2.40. The molecule has 1 fully saturated rings. The molecule has 0 atom stereocenters. The molecule has 5 N–H and O–H groups in total. The third-order valence-corrected chi connectivity index (χ3v) is 8.52. The Kier molecular flexibility index (Phi) is 6.43. The summed E-state index contributed by atoms with van der Waals surface area (Å²) < 4.78 is 23.5. The van der Waals surface area contributed by atoms with E-state index < -0.39 is 9.84 Å². The van der Waals surface area contributed by atoms with Crippen molar-refractivity contribution in [2.24, 2.45) is 5.73 Å². The Balaban J connectivity index is 1.58. The van der Waals surface area contributed by atoms with Crippen molar-refractivity contribution in [2.75, 3.05) is 24.6 Å². The van der Waals surface area contributed by atoms with Gasteiger partial charge in [0.15, 0.2) is 9.84 Å². The SMILES string of the molecule is N=C(N)c1cc2cc(-c3cc(CC(=O)N4CCS(=O)(=O)CC4)cc(-c4ccccc4)c3O)[nH]c2cc1Cl. The zero-order valence-corrected chi connectivity index (χ0v) is 21.4. The van der Waals surface area contributed by atoms with Crippen molar-refractivity contribution in [3.8, 4) is 28.1 Å². The molecule has 1 saturated heterocycles. The van der Waals surface area contributed by atoms with Gasteiger partial charge in [-0.2, -0.15) is 0 Å². The number of nitrogens with two attached hydrogens (primary N) is 1. The lowest BCUT2D eigenvalue weighted by atomic mass is 9.95. The van der Waals surface area contributed by atoms with Crippen LogP contribution in [0.5, 0.6) is 5.75 Å². The highest BCUT2D eigenvalue weighted by atomic mass is 35.5. The van der Waals surface area contributed by atoms with Gasteiger partial charge < -0.3 is 20.7 Å². The Labute approximate surface area is 219 Å². The predicted octanol–water partition coefficient (Wildman–Crippen LogP) is 3.94. The van der Waals surface area contributed by atoms with Crippen LogP contribution in [0, 0.1) is 5.41 Å². The van der Waals surface area contributed by atoms with Gasteiger partial charge in [0, 0.05) is 40.7 Å². The third kappa shape index (κ3) is 5.05. The predicted molar refractivity (Wildman–Crippen MR) is 146 cm³/mol. The molecule has 1 aromatic heterocycles. The first-order chi connectivity index (χ1) is 17.6. The average Bonchev–Trinajstić information content (AvgIpc) is 3.27. The molecular weight excluding hydrogens is 512 g/mol. The van der Waals surface area contributed by atoms with Crippen molar-refractivity contribution in [3.63, 3.8) is 0 Å². The number of halogens is 1. The van der Waals surface area contributed by atoms with Crippen LogP contribution in [0.1, 0.15) is 11.1 Å². The molecule has 5 rings (SSSR count). The summed E-state index contributed by atoms with van der Waals surface area (Å²) in [5.74, 6) is -0.325. The van der Waals surface area contributed by atoms with E-state index in [-0.39, 0.29) is 48.5 Å². The van der Waals surface area contributed by atoms with Gasteiger partial charge in [0.1, 0.15) is 11.6 Å². The number of fused-ring (bicyclic) bond motifs is 1. The smallest absolute Gasteiger partial charge is 0.227 e. The number of nitrogens with zero attached hydrogens (tertiary/aromatic N) is 1. The molecule has 0 spiro atoms. The Morgan fingerprint density at radius 3 is 2.41 bits per heavy atom. The van der Waals surface area contributed by atoms with Crippen molar-refractivity contribution in [1.82, 2.24) is 9.88 Å². The van der Waals surface area contributed by atoms with Crippen LogP contribution in [0.3, 0.4) is 0 Å². The lowest BCUT2D eigenvalue weighted by molar-refractivity contribution is -0.130. The average molecular weight is 537 g/mol. The van der Waals surface area contributed by atoms with Gasteiger partial charge in [-0.3, -0.25) is 10.2 Å². The molecule has 2 heterocycles. The van der Waals surface area contributed by atoms with Crippen LogP contribution in [0.2, 0.25) is 5.02 Å². The minimum Gasteiger partial charge on any atom is -0.507 e. The lowest BCUT2D eigenvalue weighted by Gasteiger charge is -2.27. The molecule has 8 nitrogen and oxygen atoms in total. The number of amides is 1. The molecule has 0 radical (unpaired) electrons. The number of aromatic hydroxyl groups is 1. The number of phenolic OH excluding ortho intramolecular Hbond substituents is 1. The maximum atomic E-state index is 13.1. The molecule has 0 aliphatic carbocycles. The second-order valence-electron chi connectivity index (χ2n) is 9.13. The lowest BCUT2D eigenvalue weighted by Crippen LogP contribution is -2.44. The van der Waals surface area contributed by atoms with Crippen LogP contribution in [0.4, 0.5) is 0 Å². The molecule has 4 aromatic rings. The van der Waals surface area contributed by atoms with Crippen molar-refractivity contribution < 1.29 is 18.3 Å². The minimum absolute atomic E-state index is 0.0330.